The summed E-state index contributed by atoms with van der Waals surface area (Å²) in [7, 11) is 0. The van der Waals surface area contributed by atoms with Crippen molar-refractivity contribution in [1.29, 1.82) is 0 Å². The molecule has 0 saturated carbocycles. The molecule has 1 atom stereocenters. The minimum Gasteiger partial charge on any atom is -0.277 e. The van der Waals surface area contributed by atoms with E-state index in [1.165, 1.54) is 6.92 Å². The number of hydrogen-bond donors (Lipinski definition) is 1. The summed E-state index contributed by atoms with van der Waals surface area (Å²) in [6.45, 7) is 1.52. The number of rotatable bonds is 1. The molecule has 0 aliphatic carbocycles. The minimum absolute atomic E-state index is 0.641. The number of nitrogens with zero attached hydrogens (tertiary/aromatic N) is 1. The lowest BCUT2D eigenvalue weighted by Crippen LogP contribution is -1.87. The topological polar surface area (TPSA) is 28.7 Å². The first-order chi connectivity index (χ1) is 6.18. The zero-order chi connectivity index (χ0) is 9.42. The third-order valence-corrected chi connectivity index (χ3v) is 2.43. The highest BCUT2D eigenvalue weighted by Crippen LogP contribution is 2.28. The molecule has 2 rings (SSSR count). The second-order valence-electron chi connectivity index (χ2n) is 2.95. The van der Waals surface area contributed by atoms with Crippen LogP contribution in [0.15, 0.2) is 22.8 Å². The summed E-state index contributed by atoms with van der Waals surface area (Å²) in [5.41, 5.74) is 1.42. The van der Waals surface area contributed by atoms with Gasteiger partial charge >= 0.3 is 0 Å². The Balaban J connectivity index is 2.77. The molecule has 0 aliphatic heterocycles. The van der Waals surface area contributed by atoms with Crippen molar-refractivity contribution in [3.05, 3.63) is 28.4 Å². The zero-order valence-electron chi connectivity index (χ0n) is 7.01. The fraction of sp³-hybridized carbons (Fsp3) is 0.222. The van der Waals surface area contributed by atoms with Gasteiger partial charge in [-0.25, -0.2) is 4.39 Å². The molecule has 1 aromatic heterocycles. The third-order valence-electron chi connectivity index (χ3n) is 1.97. The van der Waals surface area contributed by atoms with Gasteiger partial charge in [0.1, 0.15) is 6.17 Å². The SMILES string of the molecule is CC(F)c1cc(Br)cc2cn[nH]c12. The van der Waals surface area contributed by atoms with Crippen LogP contribution >= 0.6 is 15.9 Å². The van der Waals surface area contributed by atoms with Crippen molar-refractivity contribution in [3.8, 4) is 0 Å². The van der Waals surface area contributed by atoms with E-state index in [1.807, 2.05) is 6.07 Å². The van der Waals surface area contributed by atoms with E-state index < -0.39 is 6.17 Å². The number of halogens is 2. The van der Waals surface area contributed by atoms with Gasteiger partial charge in [-0.2, -0.15) is 5.10 Å². The summed E-state index contributed by atoms with van der Waals surface area (Å²) in [4.78, 5) is 0. The van der Waals surface area contributed by atoms with Crippen LogP contribution < -0.4 is 0 Å². The highest BCUT2D eigenvalue weighted by molar-refractivity contribution is 9.10. The van der Waals surface area contributed by atoms with Gasteiger partial charge in [0.25, 0.3) is 0 Å². The summed E-state index contributed by atoms with van der Waals surface area (Å²) < 4.78 is 14.0. The van der Waals surface area contributed by atoms with Crippen LogP contribution in [0.5, 0.6) is 0 Å². The van der Waals surface area contributed by atoms with Gasteiger partial charge in [-0.15, -0.1) is 0 Å². The van der Waals surface area contributed by atoms with E-state index in [2.05, 4.69) is 26.1 Å². The molecule has 0 aliphatic rings. The Bertz CT molecular complexity index is 436. The quantitative estimate of drug-likeness (QED) is 0.817. The molecular formula is C9H8BrFN2. The molecule has 68 valence electrons. The largest absolute Gasteiger partial charge is 0.277 e. The second-order valence-corrected chi connectivity index (χ2v) is 3.86. The van der Waals surface area contributed by atoms with E-state index in [9.17, 15) is 4.39 Å². The minimum atomic E-state index is -0.986. The standard InChI is InChI=1S/C9H8BrFN2/c1-5(11)8-3-7(10)2-6-4-12-13-9(6)8/h2-5H,1H3,(H,12,13). The van der Waals surface area contributed by atoms with Crippen molar-refractivity contribution < 1.29 is 4.39 Å². The number of H-pyrrole nitrogens is 1. The molecule has 1 aromatic carbocycles. The van der Waals surface area contributed by atoms with Gasteiger partial charge in [0.2, 0.25) is 0 Å². The van der Waals surface area contributed by atoms with E-state index in [0.717, 1.165) is 15.4 Å². The van der Waals surface area contributed by atoms with E-state index in [-0.39, 0.29) is 0 Å². The summed E-state index contributed by atoms with van der Waals surface area (Å²) in [6, 6.07) is 3.68. The zero-order valence-corrected chi connectivity index (χ0v) is 8.60. The summed E-state index contributed by atoms with van der Waals surface area (Å²) in [5, 5.41) is 7.58. The van der Waals surface area contributed by atoms with Crippen molar-refractivity contribution in [2.45, 2.75) is 13.1 Å². The monoisotopic (exact) mass is 242 g/mol. The van der Waals surface area contributed by atoms with Crippen molar-refractivity contribution in [3.63, 3.8) is 0 Å². The van der Waals surface area contributed by atoms with Crippen LogP contribution in [0.25, 0.3) is 10.9 Å². The Morgan fingerprint density at radius 1 is 1.54 bits per heavy atom. The molecule has 1 unspecified atom stereocenters. The number of hydrogen-bond acceptors (Lipinski definition) is 1. The van der Waals surface area contributed by atoms with Gasteiger partial charge in [-0.1, -0.05) is 15.9 Å². The van der Waals surface area contributed by atoms with Gasteiger partial charge < -0.3 is 0 Å². The molecule has 0 amide bonds. The molecule has 2 nitrogen and oxygen atoms in total. The Morgan fingerprint density at radius 3 is 3.00 bits per heavy atom. The average Bonchev–Trinajstić information content (AvgIpc) is 2.49. The number of aromatic nitrogens is 2. The van der Waals surface area contributed by atoms with Crippen molar-refractivity contribution in [2.75, 3.05) is 0 Å². The maximum Gasteiger partial charge on any atom is 0.124 e. The number of alkyl halides is 1. The third kappa shape index (κ3) is 1.46. The summed E-state index contributed by atoms with van der Waals surface area (Å²) in [6.07, 6.45) is 0.701. The first-order valence-electron chi connectivity index (χ1n) is 3.95. The Morgan fingerprint density at radius 2 is 2.31 bits per heavy atom. The second kappa shape index (κ2) is 3.10. The predicted molar refractivity (Wildman–Crippen MR) is 53.3 cm³/mol. The molecule has 0 radical (unpaired) electrons. The van der Waals surface area contributed by atoms with Crippen LogP contribution in [0.1, 0.15) is 18.7 Å². The summed E-state index contributed by atoms with van der Waals surface area (Å²) >= 11 is 3.33. The molecule has 2 aromatic rings. The fourth-order valence-corrected chi connectivity index (χ4v) is 1.85. The van der Waals surface area contributed by atoms with E-state index >= 15 is 0 Å². The van der Waals surface area contributed by atoms with Crippen molar-refractivity contribution in [1.82, 2.24) is 10.2 Å². The van der Waals surface area contributed by atoms with Crippen LogP contribution in [-0.2, 0) is 0 Å². The van der Waals surface area contributed by atoms with Gasteiger partial charge in [0, 0.05) is 15.4 Å². The molecule has 0 spiro atoms. The fourth-order valence-electron chi connectivity index (χ4n) is 1.36. The molecular weight excluding hydrogens is 235 g/mol. The first kappa shape index (κ1) is 8.69. The van der Waals surface area contributed by atoms with Crippen LogP contribution in [0.4, 0.5) is 4.39 Å². The molecule has 4 heteroatoms. The molecule has 1 N–H and O–H groups in total. The molecule has 1 heterocycles. The lowest BCUT2D eigenvalue weighted by atomic mass is 10.1. The summed E-state index contributed by atoms with van der Waals surface area (Å²) in [5.74, 6) is 0. The lowest BCUT2D eigenvalue weighted by molar-refractivity contribution is 0.376. The number of benzene rings is 1. The van der Waals surface area contributed by atoms with Crippen LogP contribution in [0.3, 0.4) is 0 Å². The maximum absolute atomic E-state index is 13.2. The number of fused-ring (bicyclic) bond motifs is 1. The average molecular weight is 243 g/mol. The van der Waals surface area contributed by atoms with E-state index in [1.54, 1.807) is 12.3 Å². The molecule has 0 saturated heterocycles. The highest BCUT2D eigenvalue weighted by atomic mass is 79.9. The van der Waals surface area contributed by atoms with Crippen molar-refractivity contribution in [2.24, 2.45) is 0 Å². The lowest BCUT2D eigenvalue weighted by Gasteiger charge is -2.04. The van der Waals surface area contributed by atoms with E-state index in [0.29, 0.717) is 5.56 Å². The Hall–Kier alpha value is -0.900. The first-order valence-corrected chi connectivity index (χ1v) is 4.74. The van der Waals surface area contributed by atoms with Crippen LogP contribution in [0, 0.1) is 0 Å². The maximum atomic E-state index is 13.2. The van der Waals surface area contributed by atoms with Crippen LogP contribution in [0.2, 0.25) is 0 Å². The Labute approximate surface area is 83.3 Å². The van der Waals surface area contributed by atoms with Crippen LogP contribution in [-0.4, -0.2) is 10.2 Å². The van der Waals surface area contributed by atoms with E-state index in [4.69, 9.17) is 0 Å². The van der Waals surface area contributed by atoms with Gasteiger partial charge in [0.05, 0.1) is 11.7 Å². The molecule has 13 heavy (non-hydrogen) atoms. The smallest absolute Gasteiger partial charge is 0.124 e. The van der Waals surface area contributed by atoms with Gasteiger partial charge in [-0.05, 0) is 19.1 Å². The van der Waals surface area contributed by atoms with Crippen molar-refractivity contribution >= 4 is 26.8 Å². The highest BCUT2D eigenvalue weighted by Gasteiger charge is 2.10. The molecule has 0 fully saturated rings. The number of nitrogens with one attached hydrogen (secondary N) is 1. The predicted octanol–water partition coefficient (Wildman–Crippen LogP) is 3.36. The normalized spacial score (nSPS) is 13.5. The Kier molecular flexibility index (Phi) is 2.07. The van der Waals surface area contributed by atoms with Gasteiger partial charge in [0.15, 0.2) is 0 Å². The van der Waals surface area contributed by atoms with Gasteiger partial charge in [-0.3, -0.25) is 5.10 Å². The number of aromatic amines is 1. The molecule has 0 bridgehead atoms.